The highest BCUT2D eigenvalue weighted by atomic mass is 35.5. The van der Waals surface area contributed by atoms with Crippen LogP contribution in [0.15, 0.2) is 24.3 Å². The molecule has 0 saturated heterocycles. The summed E-state index contributed by atoms with van der Waals surface area (Å²) in [6.07, 6.45) is 1.10. The predicted molar refractivity (Wildman–Crippen MR) is 90.4 cm³/mol. The molecule has 1 aromatic rings. The number of nitrogens with one attached hydrogen (secondary N) is 1. The van der Waals surface area contributed by atoms with Gasteiger partial charge in [0.05, 0.1) is 6.61 Å². The minimum atomic E-state index is -0.474. The van der Waals surface area contributed by atoms with Gasteiger partial charge in [-0.3, -0.25) is 4.79 Å². The van der Waals surface area contributed by atoms with E-state index in [4.69, 9.17) is 15.2 Å². The summed E-state index contributed by atoms with van der Waals surface area (Å²) in [7, 11) is 0. The molecular formula is C16H27ClN2O3. The van der Waals surface area contributed by atoms with Crippen LogP contribution in [0, 0.1) is 5.92 Å². The van der Waals surface area contributed by atoms with Crippen molar-refractivity contribution in [1.29, 1.82) is 0 Å². The molecule has 0 aliphatic rings. The van der Waals surface area contributed by atoms with Crippen LogP contribution in [0.5, 0.6) is 5.75 Å². The first-order valence-corrected chi connectivity index (χ1v) is 7.36. The number of amides is 1. The number of rotatable bonds is 11. The Kier molecular flexibility index (Phi) is 11.5. The second-order valence-corrected chi connectivity index (χ2v) is 5.37. The Morgan fingerprint density at radius 1 is 1.23 bits per heavy atom. The van der Waals surface area contributed by atoms with Crippen LogP contribution in [0.25, 0.3) is 0 Å². The van der Waals surface area contributed by atoms with E-state index in [0.717, 1.165) is 38.3 Å². The van der Waals surface area contributed by atoms with Crippen LogP contribution in [0.1, 0.15) is 25.8 Å². The van der Waals surface area contributed by atoms with E-state index in [1.165, 1.54) is 0 Å². The van der Waals surface area contributed by atoms with E-state index in [0.29, 0.717) is 11.7 Å². The summed E-state index contributed by atoms with van der Waals surface area (Å²) in [5.74, 6) is 0.862. The normalized spacial score (nSPS) is 10.3. The van der Waals surface area contributed by atoms with Crippen molar-refractivity contribution in [2.75, 3.05) is 26.4 Å². The molecule has 0 atom stereocenters. The molecule has 0 bridgehead atoms. The zero-order valence-corrected chi connectivity index (χ0v) is 14.2. The lowest BCUT2D eigenvalue weighted by Gasteiger charge is -2.08. The molecular weight excluding hydrogens is 304 g/mol. The number of hydrogen-bond donors (Lipinski definition) is 2. The van der Waals surface area contributed by atoms with E-state index >= 15 is 0 Å². The Morgan fingerprint density at radius 3 is 2.50 bits per heavy atom. The minimum absolute atomic E-state index is 0. The fourth-order valence-corrected chi connectivity index (χ4v) is 1.66. The molecule has 126 valence electrons. The first-order chi connectivity index (χ1) is 10.1. The van der Waals surface area contributed by atoms with Crippen molar-refractivity contribution >= 4 is 18.3 Å². The van der Waals surface area contributed by atoms with Gasteiger partial charge in [0.1, 0.15) is 5.75 Å². The molecule has 1 amide bonds. The average Bonchev–Trinajstić information content (AvgIpc) is 2.45. The lowest BCUT2D eigenvalue weighted by Crippen LogP contribution is -2.20. The number of carbonyl (C=O) groups is 1. The maximum atomic E-state index is 10.6. The molecule has 0 fully saturated rings. The van der Waals surface area contributed by atoms with E-state index < -0.39 is 5.91 Å². The van der Waals surface area contributed by atoms with Crippen LogP contribution in [-0.4, -0.2) is 32.3 Å². The van der Waals surface area contributed by atoms with Crippen molar-refractivity contribution in [1.82, 2.24) is 5.32 Å². The SMILES string of the molecule is CC(C)CCOCCNCc1ccc(OCC(N)=O)cc1.Cl. The number of halogens is 1. The summed E-state index contributed by atoms with van der Waals surface area (Å²) < 4.78 is 10.7. The van der Waals surface area contributed by atoms with Crippen LogP contribution in [0.4, 0.5) is 0 Å². The van der Waals surface area contributed by atoms with Gasteiger partial charge in [-0.25, -0.2) is 0 Å². The molecule has 6 heteroatoms. The summed E-state index contributed by atoms with van der Waals surface area (Å²) in [6.45, 7) is 7.46. The highest BCUT2D eigenvalue weighted by Gasteiger charge is 1.98. The van der Waals surface area contributed by atoms with E-state index in [1.807, 2.05) is 24.3 Å². The maximum Gasteiger partial charge on any atom is 0.255 e. The topological polar surface area (TPSA) is 73.6 Å². The predicted octanol–water partition coefficient (Wildman–Crippen LogP) is 2.12. The number of carbonyl (C=O) groups excluding carboxylic acids is 1. The summed E-state index contributed by atoms with van der Waals surface area (Å²) in [5.41, 5.74) is 6.17. The molecule has 0 heterocycles. The van der Waals surface area contributed by atoms with E-state index in [1.54, 1.807) is 0 Å². The van der Waals surface area contributed by atoms with Crippen LogP contribution in [0.2, 0.25) is 0 Å². The van der Waals surface area contributed by atoms with Crippen molar-refractivity contribution in [2.24, 2.45) is 11.7 Å². The lowest BCUT2D eigenvalue weighted by molar-refractivity contribution is -0.119. The first kappa shape index (κ1) is 20.7. The highest BCUT2D eigenvalue weighted by Crippen LogP contribution is 2.11. The third-order valence-electron chi connectivity index (χ3n) is 2.90. The van der Waals surface area contributed by atoms with Crippen molar-refractivity contribution < 1.29 is 14.3 Å². The summed E-state index contributed by atoms with van der Waals surface area (Å²) in [4.78, 5) is 10.6. The van der Waals surface area contributed by atoms with Crippen LogP contribution in [0.3, 0.4) is 0 Å². The second-order valence-electron chi connectivity index (χ2n) is 5.37. The van der Waals surface area contributed by atoms with Crippen molar-refractivity contribution in [3.63, 3.8) is 0 Å². The standard InChI is InChI=1S/C16H26N2O3.ClH/c1-13(2)7-9-20-10-8-18-11-14-3-5-15(6-4-14)21-12-16(17)19;/h3-6,13,18H,7-12H2,1-2H3,(H2,17,19);1H. The molecule has 3 N–H and O–H groups in total. The zero-order chi connectivity index (χ0) is 15.5. The Hall–Kier alpha value is -1.30. The van der Waals surface area contributed by atoms with Crippen LogP contribution in [-0.2, 0) is 16.1 Å². The molecule has 0 aliphatic carbocycles. The van der Waals surface area contributed by atoms with E-state index in [-0.39, 0.29) is 19.0 Å². The fraction of sp³-hybridized carbons (Fsp3) is 0.562. The maximum absolute atomic E-state index is 10.6. The van der Waals surface area contributed by atoms with Crippen LogP contribution >= 0.6 is 12.4 Å². The summed E-state index contributed by atoms with van der Waals surface area (Å²) in [5, 5.41) is 3.32. The molecule has 1 aromatic carbocycles. The fourth-order valence-electron chi connectivity index (χ4n) is 1.66. The average molecular weight is 331 g/mol. The van der Waals surface area contributed by atoms with Gasteiger partial charge in [0.25, 0.3) is 5.91 Å². The molecule has 22 heavy (non-hydrogen) atoms. The van der Waals surface area contributed by atoms with Crippen molar-refractivity contribution in [2.45, 2.75) is 26.8 Å². The molecule has 0 radical (unpaired) electrons. The summed E-state index contributed by atoms with van der Waals surface area (Å²) in [6, 6.07) is 7.59. The van der Waals surface area contributed by atoms with Gasteiger partial charge in [-0.15, -0.1) is 12.4 Å². The van der Waals surface area contributed by atoms with Gasteiger partial charge in [-0.2, -0.15) is 0 Å². The number of primary amides is 1. The molecule has 0 saturated carbocycles. The van der Waals surface area contributed by atoms with Gasteiger partial charge in [0, 0.05) is 19.7 Å². The minimum Gasteiger partial charge on any atom is -0.484 e. The zero-order valence-electron chi connectivity index (χ0n) is 13.3. The van der Waals surface area contributed by atoms with Gasteiger partial charge >= 0.3 is 0 Å². The van der Waals surface area contributed by atoms with E-state index in [2.05, 4.69) is 19.2 Å². The van der Waals surface area contributed by atoms with Gasteiger partial charge in [0.2, 0.25) is 0 Å². The molecule has 0 spiro atoms. The Labute approximate surface area is 139 Å². The number of benzene rings is 1. The molecule has 0 aromatic heterocycles. The Morgan fingerprint density at radius 2 is 1.91 bits per heavy atom. The molecule has 0 unspecified atom stereocenters. The smallest absolute Gasteiger partial charge is 0.255 e. The summed E-state index contributed by atoms with van der Waals surface area (Å²) >= 11 is 0. The number of nitrogens with two attached hydrogens (primary N) is 1. The second kappa shape index (κ2) is 12.3. The van der Waals surface area contributed by atoms with Crippen molar-refractivity contribution in [3.8, 4) is 5.75 Å². The Balaban J connectivity index is 0.00000441. The molecule has 0 aliphatic heterocycles. The third-order valence-corrected chi connectivity index (χ3v) is 2.90. The highest BCUT2D eigenvalue weighted by molar-refractivity contribution is 5.85. The van der Waals surface area contributed by atoms with Gasteiger partial charge in [-0.05, 0) is 30.0 Å². The number of hydrogen-bond acceptors (Lipinski definition) is 4. The quantitative estimate of drug-likeness (QED) is 0.610. The first-order valence-electron chi connectivity index (χ1n) is 7.36. The monoisotopic (exact) mass is 330 g/mol. The number of ether oxygens (including phenoxy) is 2. The lowest BCUT2D eigenvalue weighted by atomic mass is 10.1. The van der Waals surface area contributed by atoms with Crippen molar-refractivity contribution in [3.05, 3.63) is 29.8 Å². The van der Waals surface area contributed by atoms with Crippen LogP contribution < -0.4 is 15.8 Å². The Bertz CT molecular complexity index is 410. The largest absolute Gasteiger partial charge is 0.484 e. The van der Waals surface area contributed by atoms with Gasteiger partial charge in [0.15, 0.2) is 6.61 Å². The van der Waals surface area contributed by atoms with Gasteiger partial charge in [-0.1, -0.05) is 26.0 Å². The third kappa shape index (κ3) is 10.4. The van der Waals surface area contributed by atoms with E-state index in [9.17, 15) is 4.79 Å². The van der Waals surface area contributed by atoms with Gasteiger partial charge < -0.3 is 20.5 Å². The molecule has 1 rings (SSSR count). The molecule has 5 nitrogen and oxygen atoms in total.